The molecule has 8 heteroatoms. The first-order chi connectivity index (χ1) is 13.4. The molecule has 0 unspecified atom stereocenters. The maximum atomic E-state index is 13.3. The van der Waals surface area contributed by atoms with E-state index in [1.54, 1.807) is 31.0 Å². The number of pyridine rings is 1. The second-order valence-corrected chi connectivity index (χ2v) is 7.26. The first-order valence-corrected chi connectivity index (χ1v) is 9.15. The number of carbonyl (C=O) groups is 1. The third-order valence-electron chi connectivity index (χ3n) is 5.33. The summed E-state index contributed by atoms with van der Waals surface area (Å²) in [6.45, 7) is 3.63. The number of non-ortho nitro benzene ring substituents is 1. The number of amides is 1. The Bertz CT molecular complexity index is 1090. The summed E-state index contributed by atoms with van der Waals surface area (Å²) in [5.74, 6) is 0.167. The fourth-order valence-corrected chi connectivity index (χ4v) is 3.36. The van der Waals surface area contributed by atoms with Gasteiger partial charge in [0.1, 0.15) is 0 Å². The predicted molar refractivity (Wildman–Crippen MR) is 102 cm³/mol. The summed E-state index contributed by atoms with van der Waals surface area (Å²) in [7, 11) is 1.69. The van der Waals surface area contributed by atoms with Crippen LogP contribution in [-0.2, 0) is 0 Å². The number of rotatable bonds is 5. The second-order valence-electron chi connectivity index (χ2n) is 7.26. The molecule has 0 N–H and O–H groups in total. The van der Waals surface area contributed by atoms with Gasteiger partial charge in [-0.25, -0.2) is 4.98 Å². The van der Waals surface area contributed by atoms with Crippen molar-refractivity contribution in [3.05, 3.63) is 63.0 Å². The molecule has 1 aromatic carbocycles. The van der Waals surface area contributed by atoms with Crippen LogP contribution in [-0.4, -0.2) is 32.9 Å². The number of fused-ring (bicyclic) bond motifs is 1. The van der Waals surface area contributed by atoms with E-state index in [1.807, 2.05) is 13.0 Å². The fourth-order valence-electron chi connectivity index (χ4n) is 3.36. The Morgan fingerprint density at radius 1 is 1.36 bits per heavy atom. The number of aryl methyl sites for hydroxylation is 1. The van der Waals surface area contributed by atoms with Crippen LogP contribution in [0.5, 0.6) is 0 Å². The van der Waals surface area contributed by atoms with Gasteiger partial charge in [0.15, 0.2) is 0 Å². The number of nitrogens with zero attached hydrogens (tertiary/aromatic N) is 4. The Balaban J connectivity index is 1.71. The van der Waals surface area contributed by atoms with Crippen LogP contribution in [0.1, 0.15) is 59.0 Å². The average molecular weight is 380 g/mol. The zero-order chi connectivity index (χ0) is 20.0. The van der Waals surface area contributed by atoms with E-state index in [0.29, 0.717) is 33.8 Å². The summed E-state index contributed by atoms with van der Waals surface area (Å²) in [6.07, 6.45) is 2.11. The van der Waals surface area contributed by atoms with Crippen molar-refractivity contribution < 1.29 is 14.2 Å². The predicted octanol–water partition coefficient (Wildman–Crippen LogP) is 4.15. The zero-order valence-electron chi connectivity index (χ0n) is 15.9. The molecule has 0 aliphatic heterocycles. The molecule has 3 aromatic rings. The topological polar surface area (TPSA) is 102 Å². The van der Waals surface area contributed by atoms with E-state index in [-0.39, 0.29) is 17.6 Å². The lowest BCUT2D eigenvalue weighted by atomic mass is 10.0. The highest BCUT2D eigenvalue weighted by Gasteiger charge is 2.30. The molecule has 0 spiro atoms. The van der Waals surface area contributed by atoms with Gasteiger partial charge < -0.3 is 9.42 Å². The van der Waals surface area contributed by atoms with E-state index in [2.05, 4.69) is 10.1 Å². The van der Waals surface area contributed by atoms with Crippen molar-refractivity contribution in [2.75, 3.05) is 7.05 Å². The van der Waals surface area contributed by atoms with Crippen molar-refractivity contribution >= 4 is 22.7 Å². The summed E-state index contributed by atoms with van der Waals surface area (Å²) >= 11 is 0. The molecule has 4 rings (SSSR count). The van der Waals surface area contributed by atoms with Crippen LogP contribution in [0.25, 0.3) is 11.1 Å². The van der Waals surface area contributed by atoms with Crippen molar-refractivity contribution in [2.24, 2.45) is 0 Å². The van der Waals surface area contributed by atoms with Crippen LogP contribution in [0.3, 0.4) is 0 Å². The maximum Gasteiger partial charge on any atom is 0.269 e. The van der Waals surface area contributed by atoms with E-state index in [9.17, 15) is 14.9 Å². The van der Waals surface area contributed by atoms with Gasteiger partial charge in [0, 0.05) is 30.8 Å². The minimum absolute atomic E-state index is 0.00222. The van der Waals surface area contributed by atoms with Gasteiger partial charge >= 0.3 is 0 Å². The van der Waals surface area contributed by atoms with Gasteiger partial charge in [-0.3, -0.25) is 14.9 Å². The smallest absolute Gasteiger partial charge is 0.269 e. The Morgan fingerprint density at radius 2 is 2.11 bits per heavy atom. The summed E-state index contributed by atoms with van der Waals surface area (Å²) in [5.41, 5.74) is 3.04. The Labute approximate surface area is 161 Å². The molecule has 2 heterocycles. The molecule has 1 fully saturated rings. The molecule has 1 amide bonds. The van der Waals surface area contributed by atoms with E-state index >= 15 is 0 Å². The van der Waals surface area contributed by atoms with Gasteiger partial charge in [0.05, 0.1) is 27.6 Å². The molecule has 28 heavy (non-hydrogen) atoms. The SMILES string of the molecule is Cc1noc2nc(C3CC3)cc(C(=O)N(C)[C@@H](C)c3cccc([N+](=O)[O-])c3)c12. The first-order valence-electron chi connectivity index (χ1n) is 9.15. The standard InChI is InChI=1S/C20H20N4O4/c1-11-18-16(10-17(13-7-8-13)21-19(18)28-22-11)20(25)23(3)12(2)14-5-4-6-15(9-14)24(26)27/h4-6,9-10,12-13H,7-8H2,1-3H3/t12-/m0/s1. The zero-order valence-corrected chi connectivity index (χ0v) is 15.9. The Hall–Kier alpha value is -3.29. The molecule has 1 aliphatic carbocycles. The van der Waals surface area contributed by atoms with Gasteiger partial charge in [0.25, 0.3) is 17.3 Å². The maximum absolute atomic E-state index is 13.3. The van der Waals surface area contributed by atoms with Gasteiger partial charge in [-0.2, -0.15) is 0 Å². The summed E-state index contributed by atoms with van der Waals surface area (Å²) in [4.78, 5) is 30.1. The Morgan fingerprint density at radius 3 is 2.79 bits per heavy atom. The Kier molecular flexibility index (Phi) is 4.33. The quantitative estimate of drug-likeness (QED) is 0.487. The highest BCUT2D eigenvalue weighted by atomic mass is 16.6. The molecule has 1 aliphatic rings. The van der Waals surface area contributed by atoms with E-state index < -0.39 is 4.92 Å². The first kappa shape index (κ1) is 18.1. The van der Waals surface area contributed by atoms with Crippen LogP contribution < -0.4 is 0 Å². The fraction of sp³-hybridized carbons (Fsp3) is 0.350. The number of hydrogen-bond acceptors (Lipinski definition) is 6. The van der Waals surface area contributed by atoms with Gasteiger partial charge in [0.2, 0.25) is 0 Å². The van der Waals surface area contributed by atoms with Crippen molar-refractivity contribution in [3.8, 4) is 0 Å². The number of nitro groups is 1. The number of aromatic nitrogens is 2. The third-order valence-corrected chi connectivity index (χ3v) is 5.33. The van der Waals surface area contributed by atoms with Crippen LogP contribution in [0.2, 0.25) is 0 Å². The molecule has 2 aromatic heterocycles. The molecular formula is C20H20N4O4. The van der Waals surface area contributed by atoms with Crippen molar-refractivity contribution in [3.63, 3.8) is 0 Å². The summed E-state index contributed by atoms with van der Waals surface area (Å²) < 4.78 is 5.32. The molecule has 0 bridgehead atoms. The van der Waals surface area contributed by atoms with E-state index in [1.165, 1.54) is 12.1 Å². The largest absolute Gasteiger partial charge is 0.336 e. The molecule has 0 saturated heterocycles. The number of nitro benzene ring substituents is 1. The number of hydrogen-bond donors (Lipinski definition) is 0. The van der Waals surface area contributed by atoms with Gasteiger partial charge in [-0.15, -0.1) is 0 Å². The lowest BCUT2D eigenvalue weighted by Crippen LogP contribution is -2.30. The monoisotopic (exact) mass is 380 g/mol. The van der Waals surface area contributed by atoms with Crippen LogP contribution in [0, 0.1) is 17.0 Å². The van der Waals surface area contributed by atoms with E-state index in [0.717, 1.165) is 18.5 Å². The molecule has 1 saturated carbocycles. The van der Waals surface area contributed by atoms with Gasteiger partial charge in [-0.05, 0) is 38.3 Å². The molecule has 0 radical (unpaired) electrons. The third kappa shape index (κ3) is 3.11. The van der Waals surface area contributed by atoms with Crippen LogP contribution in [0.4, 0.5) is 5.69 Å². The normalized spacial score (nSPS) is 14.8. The van der Waals surface area contributed by atoms with Crippen molar-refractivity contribution in [2.45, 2.75) is 38.6 Å². The molecule has 144 valence electrons. The van der Waals surface area contributed by atoms with Crippen LogP contribution in [0.15, 0.2) is 34.9 Å². The second kappa shape index (κ2) is 6.70. The number of carbonyl (C=O) groups excluding carboxylic acids is 1. The lowest BCUT2D eigenvalue weighted by molar-refractivity contribution is -0.384. The minimum Gasteiger partial charge on any atom is -0.336 e. The lowest BCUT2D eigenvalue weighted by Gasteiger charge is -2.25. The van der Waals surface area contributed by atoms with Crippen LogP contribution >= 0.6 is 0 Å². The molecule has 8 nitrogen and oxygen atoms in total. The average Bonchev–Trinajstić information content (AvgIpc) is 3.49. The number of benzene rings is 1. The highest BCUT2D eigenvalue weighted by molar-refractivity contribution is 6.06. The highest BCUT2D eigenvalue weighted by Crippen LogP contribution is 2.40. The molecular weight excluding hydrogens is 360 g/mol. The van der Waals surface area contributed by atoms with E-state index in [4.69, 9.17) is 4.52 Å². The summed E-state index contributed by atoms with van der Waals surface area (Å²) in [6, 6.07) is 7.83. The van der Waals surface area contributed by atoms with Crippen molar-refractivity contribution in [1.82, 2.24) is 15.0 Å². The molecule has 1 atom stereocenters. The minimum atomic E-state index is -0.438. The van der Waals surface area contributed by atoms with Crippen molar-refractivity contribution in [1.29, 1.82) is 0 Å². The summed E-state index contributed by atoms with van der Waals surface area (Å²) in [5, 5.41) is 15.7. The van der Waals surface area contributed by atoms with Gasteiger partial charge in [-0.1, -0.05) is 17.3 Å².